The van der Waals surface area contributed by atoms with Crippen molar-refractivity contribution in [3.05, 3.63) is 60.2 Å². The van der Waals surface area contributed by atoms with Gasteiger partial charge in [-0.3, -0.25) is 4.79 Å². The van der Waals surface area contributed by atoms with Crippen LogP contribution in [0.1, 0.15) is 10.4 Å². The lowest BCUT2D eigenvalue weighted by molar-refractivity contribution is 0.0652. The largest absolute Gasteiger partial charge is 0.497 e. The molecule has 0 spiro atoms. The van der Waals surface area contributed by atoms with Gasteiger partial charge in [0.05, 0.1) is 26.9 Å². The van der Waals surface area contributed by atoms with E-state index in [1.54, 1.807) is 36.3 Å². The molecule has 3 rings (SSSR count). The molecule has 1 heterocycles. The lowest BCUT2D eigenvalue weighted by Gasteiger charge is -2.24. The Morgan fingerprint density at radius 2 is 1.83 bits per heavy atom. The van der Waals surface area contributed by atoms with Crippen molar-refractivity contribution in [3.63, 3.8) is 0 Å². The van der Waals surface area contributed by atoms with Gasteiger partial charge in [0.25, 0.3) is 5.91 Å². The molecule has 1 amide bonds. The second-order valence-electron chi connectivity index (χ2n) is 5.61. The summed E-state index contributed by atoms with van der Waals surface area (Å²) in [6.07, 6.45) is -0.183. The fourth-order valence-electron chi connectivity index (χ4n) is 2.64. The Morgan fingerprint density at radius 1 is 1.08 bits per heavy atom. The maximum Gasteiger partial charge on any atom is 0.254 e. The molecule has 24 heavy (non-hydrogen) atoms. The minimum atomic E-state index is -0.183. The first-order chi connectivity index (χ1) is 11.8. The Labute approximate surface area is 141 Å². The number of rotatable bonds is 4. The fourth-order valence-corrected chi connectivity index (χ4v) is 2.64. The minimum absolute atomic E-state index is 0.0233. The summed E-state index contributed by atoms with van der Waals surface area (Å²) >= 11 is 0. The van der Waals surface area contributed by atoms with Crippen molar-refractivity contribution in [3.8, 4) is 11.5 Å². The molecule has 0 radical (unpaired) electrons. The SMILES string of the molecule is COc1ccc(C(=O)N2CCOCC(Oc3ccccc3)C2)cc1. The number of carbonyl (C=O) groups is 1. The van der Waals surface area contributed by atoms with E-state index in [4.69, 9.17) is 14.2 Å². The highest BCUT2D eigenvalue weighted by Crippen LogP contribution is 2.16. The van der Waals surface area contributed by atoms with Crippen molar-refractivity contribution in [1.82, 2.24) is 4.90 Å². The van der Waals surface area contributed by atoms with Crippen LogP contribution in [-0.2, 0) is 4.74 Å². The van der Waals surface area contributed by atoms with E-state index in [1.807, 2.05) is 30.3 Å². The van der Waals surface area contributed by atoms with Crippen LogP contribution in [0.3, 0.4) is 0 Å². The van der Waals surface area contributed by atoms with Gasteiger partial charge in [-0.2, -0.15) is 0 Å². The van der Waals surface area contributed by atoms with E-state index in [2.05, 4.69) is 0 Å². The van der Waals surface area contributed by atoms with Crippen molar-refractivity contribution in [2.75, 3.05) is 33.4 Å². The van der Waals surface area contributed by atoms with Crippen LogP contribution in [0.5, 0.6) is 11.5 Å². The molecule has 126 valence electrons. The molecule has 2 aromatic carbocycles. The zero-order valence-electron chi connectivity index (χ0n) is 13.7. The molecule has 5 nitrogen and oxygen atoms in total. The molecule has 1 fully saturated rings. The Bertz CT molecular complexity index is 657. The van der Waals surface area contributed by atoms with Crippen LogP contribution in [0.2, 0.25) is 0 Å². The zero-order valence-corrected chi connectivity index (χ0v) is 13.7. The highest BCUT2D eigenvalue weighted by Gasteiger charge is 2.24. The van der Waals surface area contributed by atoms with Gasteiger partial charge >= 0.3 is 0 Å². The summed E-state index contributed by atoms with van der Waals surface area (Å²) in [4.78, 5) is 14.5. The van der Waals surface area contributed by atoms with Crippen molar-refractivity contribution in [2.24, 2.45) is 0 Å². The maximum absolute atomic E-state index is 12.7. The average Bonchev–Trinajstić information content (AvgIpc) is 2.87. The van der Waals surface area contributed by atoms with Gasteiger partial charge in [-0.05, 0) is 36.4 Å². The molecule has 1 saturated heterocycles. The van der Waals surface area contributed by atoms with Crippen LogP contribution in [0, 0.1) is 0 Å². The molecule has 1 unspecified atom stereocenters. The van der Waals surface area contributed by atoms with E-state index in [-0.39, 0.29) is 12.0 Å². The summed E-state index contributed by atoms with van der Waals surface area (Å²) in [5.74, 6) is 1.49. The monoisotopic (exact) mass is 327 g/mol. The van der Waals surface area contributed by atoms with E-state index >= 15 is 0 Å². The number of hydrogen-bond donors (Lipinski definition) is 0. The van der Waals surface area contributed by atoms with Gasteiger partial charge in [0.2, 0.25) is 0 Å². The predicted octanol–water partition coefficient (Wildman–Crippen LogP) is 2.62. The third kappa shape index (κ3) is 4.06. The topological polar surface area (TPSA) is 48.0 Å². The summed E-state index contributed by atoms with van der Waals surface area (Å²) in [5, 5.41) is 0. The Morgan fingerprint density at radius 3 is 2.54 bits per heavy atom. The smallest absolute Gasteiger partial charge is 0.254 e. The van der Waals surface area contributed by atoms with Crippen LogP contribution in [-0.4, -0.2) is 50.3 Å². The zero-order chi connectivity index (χ0) is 16.8. The van der Waals surface area contributed by atoms with Gasteiger partial charge in [0.1, 0.15) is 17.6 Å². The van der Waals surface area contributed by atoms with E-state index < -0.39 is 0 Å². The van der Waals surface area contributed by atoms with E-state index in [1.165, 1.54) is 0 Å². The van der Waals surface area contributed by atoms with E-state index in [0.29, 0.717) is 31.9 Å². The normalized spacial score (nSPS) is 17.9. The van der Waals surface area contributed by atoms with Crippen LogP contribution in [0.15, 0.2) is 54.6 Å². The van der Waals surface area contributed by atoms with Crippen molar-refractivity contribution >= 4 is 5.91 Å². The molecule has 2 aromatic rings. The first-order valence-corrected chi connectivity index (χ1v) is 7.99. The standard InChI is InChI=1S/C19H21NO4/c1-22-16-9-7-15(8-10-16)19(21)20-11-12-23-14-18(13-20)24-17-5-3-2-4-6-17/h2-10,18H,11-14H2,1H3. The molecular weight excluding hydrogens is 306 g/mol. The quantitative estimate of drug-likeness (QED) is 0.866. The summed E-state index contributed by atoms with van der Waals surface area (Å²) in [7, 11) is 1.61. The van der Waals surface area contributed by atoms with Gasteiger partial charge in [-0.15, -0.1) is 0 Å². The number of benzene rings is 2. The molecule has 1 aliphatic rings. The molecule has 0 aromatic heterocycles. The average molecular weight is 327 g/mol. The molecule has 0 N–H and O–H groups in total. The van der Waals surface area contributed by atoms with Crippen LogP contribution in [0.4, 0.5) is 0 Å². The number of amides is 1. The summed E-state index contributed by atoms with van der Waals surface area (Å²) in [6, 6.07) is 16.7. The van der Waals surface area contributed by atoms with Gasteiger partial charge in [0.15, 0.2) is 0 Å². The third-order valence-corrected chi connectivity index (χ3v) is 3.90. The van der Waals surface area contributed by atoms with Crippen molar-refractivity contribution in [1.29, 1.82) is 0 Å². The molecule has 0 aliphatic carbocycles. The maximum atomic E-state index is 12.7. The van der Waals surface area contributed by atoms with E-state index in [0.717, 1.165) is 11.5 Å². The van der Waals surface area contributed by atoms with Gasteiger partial charge in [0, 0.05) is 12.1 Å². The minimum Gasteiger partial charge on any atom is -0.497 e. The number of methoxy groups -OCH3 is 1. The van der Waals surface area contributed by atoms with Gasteiger partial charge in [-0.25, -0.2) is 0 Å². The summed E-state index contributed by atoms with van der Waals surface area (Å²) < 4.78 is 16.7. The molecule has 1 aliphatic heterocycles. The highest BCUT2D eigenvalue weighted by molar-refractivity contribution is 5.94. The molecule has 0 saturated carbocycles. The fraction of sp³-hybridized carbons (Fsp3) is 0.316. The molecule has 0 bridgehead atoms. The van der Waals surface area contributed by atoms with Crippen LogP contribution < -0.4 is 9.47 Å². The summed E-state index contributed by atoms with van der Waals surface area (Å²) in [6.45, 7) is 2.04. The second kappa shape index (κ2) is 7.84. The number of hydrogen-bond acceptors (Lipinski definition) is 4. The molecular formula is C19H21NO4. The molecule has 5 heteroatoms. The van der Waals surface area contributed by atoms with Crippen LogP contribution >= 0.6 is 0 Å². The van der Waals surface area contributed by atoms with Crippen molar-refractivity contribution in [2.45, 2.75) is 6.10 Å². The Kier molecular flexibility index (Phi) is 5.33. The van der Waals surface area contributed by atoms with Gasteiger partial charge in [-0.1, -0.05) is 18.2 Å². The van der Waals surface area contributed by atoms with Crippen LogP contribution in [0.25, 0.3) is 0 Å². The summed E-state index contributed by atoms with van der Waals surface area (Å²) in [5.41, 5.74) is 0.635. The second-order valence-corrected chi connectivity index (χ2v) is 5.61. The predicted molar refractivity (Wildman–Crippen MR) is 90.6 cm³/mol. The number of ether oxygens (including phenoxy) is 3. The van der Waals surface area contributed by atoms with Gasteiger partial charge < -0.3 is 19.1 Å². The lowest BCUT2D eigenvalue weighted by atomic mass is 10.2. The lowest BCUT2D eigenvalue weighted by Crippen LogP contribution is -2.40. The number of nitrogens with zero attached hydrogens (tertiary/aromatic N) is 1. The Hall–Kier alpha value is -2.53. The first-order valence-electron chi connectivity index (χ1n) is 7.99. The first kappa shape index (κ1) is 16.3. The van der Waals surface area contributed by atoms with Crippen molar-refractivity contribution < 1.29 is 19.0 Å². The third-order valence-electron chi connectivity index (χ3n) is 3.90. The number of carbonyl (C=O) groups excluding carboxylic acids is 1. The van der Waals surface area contributed by atoms with E-state index in [9.17, 15) is 4.79 Å². The Balaban J connectivity index is 1.68. The molecule has 1 atom stereocenters. The number of para-hydroxylation sites is 1. The highest BCUT2D eigenvalue weighted by atomic mass is 16.5.